The lowest BCUT2D eigenvalue weighted by Crippen LogP contribution is -2.49. The summed E-state index contributed by atoms with van der Waals surface area (Å²) in [6.07, 6.45) is 8.27. The molecule has 0 spiro atoms. The van der Waals surface area contributed by atoms with E-state index in [1.807, 2.05) is 18.2 Å². The summed E-state index contributed by atoms with van der Waals surface area (Å²) in [5.74, 6) is 0.0414. The van der Waals surface area contributed by atoms with Crippen molar-refractivity contribution in [2.45, 2.75) is 40.7 Å². The van der Waals surface area contributed by atoms with E-state index in [4.69, 9.17) is 0 Å². The van der Waals surface area contributed by atoms with Crippen LogP contribution in [-0.4, -0.2) is 65.4 Å². The fourth-order valence-corrected chi connectivity index (χ4v) is 4.25. The highest BCUT2D eigenvalue weighted by atomic mass is 16.2. The molecule has 1 aliphatic rings. The number of hydrogen-bond acceptors (Lipinski definition) is 4. The third kappa shape index (κ3) is 7.92. The molecule has 7 heteroatoms. The first-order valence-electron chi connectivity index (χ1n) is 13.0. The van der Waals surface area contributed by atoms with Gasteiger partial charge in [-0.15, -0.1) is 0 Å². The van der Waals surface area contributed by atoms with Crippen molar-refractivity contribution in [1.82, 2.24) is 19.7 Å². The number of carbonyl (C=O) groups is 2. The monoisotopic (exact) mass is 492 g/mol. The predicted molar refractivity (Wildman–Crippen MR) is 145 cm³/mol. The van der Waals surface area contributed by atoms with Gasteiger partial charge < -0.3 is 14.8 Å². The molecule has 36 heavy (non-hydrogen) atoms. The van der Waals surface area contributed by atoms with Gasteiger partial charge in [-0.3, -0.25) is 19.3 Å². The van der Waals surface area contributed by atoms with Crippen molar-refractivity contribution in [3.05, 3.63) is 75.7 Å². The lowest BCUT2D eigenvalue weighted by atomic mass is 10.1. The van der Waals surface area contributed by atoms with E-state index in [1.54, 1.807) is 21.9 Å². The van der Waals surface area contributed by atoms with E-state index in [1.165, 1.54) is 0 Å². The first kappa shape index (κ1) is 27.4. The topological polar surface area (TPSA) is 74.7 Å². The van der Waals surface area contributed by atoms with Crippen LogP contribution < -0.4 is 10.7 Å². The first-order valence-corrected chi connectivity index (χ1v) is 13.0. The van der Waals surface area contributed by atoms with Crippen LogP contribution in [0.15, 0.2) is 53.6 Å². The number of nitrogens with zero attached hydrogens (tertiary/aromatic N) is 3. The molecule has 0 saturated carbocycles. The number of carbonyl (C=O) groups excluding carboxylic acids is 2. The van der Waals surface area contributed by atoms with Gasteiger partial charge in [0.2, 0.25) is 5.43 Å². The van der Waals surface area contributed by atoms with Crippen LogP contribution in [0.25, 0.3) is 6.08 Å². The minimum atomic E-state index is -0.490. The third-order valence-electron chi connectivity index (χ3n) is 6.27. The van der Waals surface area contributed by atoms with Gasteiger partial charge in [-0.1, -0.05) is 70.2 Å². The number of pyridine rings is 1. The van der Waals surface area contributed by atoms with Crippen LogP contribution in [0.1, 0.15) is 60.4 Å². The van der Waals surface area contributed by atoms with Crippen LogP contribution in [0.3, 0.4) is 0 Å². The second kappa shape index (κ2) is 13.2. The minimum Gasteiger partial charge on any atom is -0.352 e. The van der Waals surface area contributed by atoms with Crippen LogP contribution in [0, 0.1) is 11.8 Å². The SMILES string of the molecule is CC(C)CCNC(=O)c1cn(CC(C)C)cc(C(=O)N2CCN(CC=Cc3ccccc3)CC2)c1=O. The van der Waals surface area contributed by atoms with E-state index in [2.05, 4.69) is 62.2 Å². The maximum absolute atomic E-state index is 13.4. The van der Waals surface area contributed by atoms with Gasteiger partial charge in [-0.25, -0.2) is 0 Å². The number of piperazine rings is 1. The number of nitrogens with one attached hydrogen (secondary N) is 1. The van der Waals surface area contributed by atoms with Crippen LogP contribution in [0.5, 0.6) is 0 Å². The summed E-state index contributed by atoms with van der Waals surface area (Å²) >= 11 is 0. The molecule has 0 atom stereocenters. The van der Waals surface area contributed by atoms with Gasteiger partial charge in [0.05, 0.1) is 0 Å². The fraction of sp³-hybridized carbons (Fsp3) is 0.483. The van der Waals surface area contributed by atoms with Crippen molar-refractivity contribution in [1.29, 1.82) is 0 Å². The van der Waals surface area contributed by atoms with Gasteiger partial charge in [0.15, 0.2) is 0 Å². The Morgan fingerprint density at radius 3 is 2.25 bits per heavy atom. The largest absolute Gasteiger partial charge is 0.352 e. The molecule has 0 bridgehead atoms. The summed E-state index contributed by atoms with van der Waals surface area (Å²) in [5, 5.41) is 2.84. The van der Waals surface area contributed by atoms with Crippen molar-refractivity contribution in [3.8, 4) is 0 Å². The Balaban J connectivity index is 1.68. The molecule has 7 nitrogen and oxygen atoms in total. The normalized spacial score (nSPS) is 14.7. The van der Waals surface area contributed by atoms with E-state index in [-0.39, 0.29) is 17.0 Å². The quantitative estimate of drug-likeness (QED) is 0.548. The highest BCUT2D eigenvalue weighted by molar-refractivity contribution is 5.99. The molecule has 2 amide bonds. The fourth-order valence-electron chi connectivity index (χ4n) is 4.25. The molecule has 1 saturated heterocycles. The van der Waals surface area contributed by atoms with E-state index >= 15 is 0 Å². The molecular weight excluding hydrogens is 452 g/mol. The molecule has 0 radical (unpaired) electrons. The van der Waals surface area contributed by atoms with Gasteiger partial charge in [-0.05, 0) is 23.8 Å². The predicted octanol–water partition coefficient (Wildman–Crippen LogP) is 3.75. The zero-order chi connectivity index (χ0) is 26.1. The minimum absolute atomic E-state index is 0.0370. The molecule has 1 fully saturated rings. The molecule has 1 aromatic carbocycles. The third-order valence-corrected chi connectivity index (χ3v) is 6.27. The zero-order valence-corrected chi connectivity index (χ0v) is 22.1. The van der Waals surface area contributed by atoms with Gasteiger partial charge in [-0.2, -0.15) is 0 Å². The summed E-state index contributed by atoms with van der Waals surface area (Å²) in [4.78, 5) is 43.5. The van der Waals surface area contributed by atoms with Crippen molar-refractivity contribution in [2.75, 3.05) is 39.3 Å². The number of amides is 2. The maximum Gasteiger partial charge on any atom is 0.259 e. The standard InChI is InChI=1S/C29H40N4O3/c1-22(2)12-13-30-28(35)25-20-32(19-23(3)4)21-26(27(25)34)29(36)33-17-15-31(16-18-33)14-8-11-24-9-6-5-7-10-24/h5-11,20-23H,12-19H2,1-4H3,(H,30,35). The smallest absolute Gasteiger partial charge is 0.259 e. The Hall–Kier alpha value is -3.19. The second-order valence-corrected chi connectivity index (χ2v) is 10.3. The van der Waals surface area contributed by atoms with E-state index < -0.39 is 11.3 Å². The molecule has 1 aromatic heterocycles. The molecule has 2 aromatic rings. The Kier molecular flexibility index (Phi) is 10.1. The number of benzene rings is 1. The van der Waals surface area contributed by atoms with Gasteiger partial charge >= 0.3 is 0 Å². The zero-order valence-electron chi connectivity index (χ0n) is 22.1. The van der Waals surface area contributed by atoms with Gasteiger partial charge in [0.25, 0.3) is 11.8 Å². The Bertz CT molecular complexity index is 1100. The van der Waals surface area contributed by atoms with Crippen molar-refractivity contribution in [3.63, 3.8) is 0 Å². The molecule has 2 heterocycles. The van der Waals surface area contributed by atoms with E-state index in [0.717, 1.165) is 31.6 Å². The average Bonchev–Trinajstić information content (AvgIpc) is 2.85. The van der Waals surface area contributed by atoms with Crippen LogP contribution in [0.4, 0.5) is 0 Å². The second-order valence-electron chi connectivity index (χ2n) is 10.3. The maximum atomic E-state index is 13.4. The number of hydrogen-bond donors (Lipinski definition) is 1. The molecule has 0 unspecified atom stereocenters. The van der Waals surface area contributed by atoms with E-state index in [9.17, 15) is 14.4 Å². The molecule has 0 aliphatic carbocycles. The number of rotatable bonds is 10. The molecule has 3 rings (SSSR count). The molecule has 1 aliphatic heterocycles. The Morgan fingerprint density at radius 2 is 1.61 bits per heavy atom. The highest BCUT2D eigenvalue weighted by Gasteiger charge is 2.26. The highest BCUT2D eigenvalue weighted by Crippen LogP contribution is 2.10. The number of aromatic nitrogens is 1. The average molecular weight is 493 g/mol. The molecule has 1 N–H and O–H groups in total. The molecule has 194 valence electrons. The first-order chi connectivity index (χ1) is 17.2. The van der Waals surface area contributed by atoms with Gasteiger partial charge in [0, 0.05) is 58.2 Å². The summed E-state index contributed by atoms with van der Waals surface area (Å²) < 4.78 is 1.81. The van der Waals surface area contributed by atoms with Crippen molar-refractivity contribution in [2.24, 2.45) is 11.8 Å². The van der Waals surface area contributed by atoms with Gasteiger partial charge in [0.1, 0.15) is 11.1 Å². The summed E-state index contributed by atoms with van der Waals surface area (Å²) in [5.41, 5.74) is 0.784. The Morgan fingerprint density at radius 1 is 0.944 bits per heavy atom. The Labute approximate surface area is 214 Å². The summed E-state index contributed by atoms with van der Waals surface area (Å²) in [6.45, 7) is 12.8. The van der Waals surface area contributed by atoms with Crippen molar-refractivity contribution < 1.29 is 9.59 Å². The lowest BCUT2D eigenvalue weighted by Gasteiger charge is -2.34. The summed E-state index contributed by atoms with van der Waals surface area (Å²) in [7, 11) is 0. The van der Waals surface area contributed by atoms with E-state index in [0.29, 0.717) is 38.0 Å². The van der Waals surface area contributed by atoms with Crippen LogP contribution in [0.2, 0.25) is 0 Å². The van der Waals surface area contributed by atoms with Crippen molar-refractivity contribution >= 4 is 17.9 Å². The van der Waals surface area contributed by atoms with Crippen LogP contribution >= 0.6 is 0 Å². The molecular formula is C29H40N4O3. The lowest BCUT2D eigenvalue weighted by molar-refractivity contribution is 0.0648. The summed E-state index contributed by atoms with van der Waals surface area (Å²) in [6, 6.07) is 10.2. The van der Waals surface area contributed by atoms with Crippen LogP contribution in [-0.2, 0) is 6.54 Å².